The monoisotopic (exact) mass is 551 g/mol. The Hall–Kier alpha value is -3.34. The van der Waals surface area contributed by atoms with Gasteiger partial charge in [0.25, 0.3) is 0 Å². The summed E-state index contributed by atoms with van der Waals surface area (Å²) in [6, 6.07) is 12.1. The molecule has 2 aliphatic rings. The number of rotatable bonds is 9. The number of aliphatic hydroxyl groups is 1. The first-order valence-electron chi connectivity index (χ1n) is 13.3. The van der Waals surface area contributed by atoms with Gasteiger partial charge in [-0.1, -0.05) is 12.1 Å². The first kappa shape index (κ1) is 25.9. The van der Waals surface area contributed by atoms with Gasteiger partial charge >= 0.3 is 5.97 Å². The molecule has 2 aliphatic carbocycles. The quantitative estimate of drug-likeness (QED) is 0.259. The first-order valence-corrected chi connectivity index (χ1v) is 14.1. The largest absolute Gasteiger partial charge is 0.478 e. The smallest absolute Gasteiger partial charge is 0.335 e. The molecule has 6 rings (SSSR count). The highest BCUT2D eigenvalue weighted by Crippen LogP contribution is 2.44. The van der Waals surface area contributed by atoms with E-state index in [0.29, 0.717) is 60.2 Å². The molecule has 2 N–H and O–H groups in total. The number of fused-ring (bicyclic) bond motifs is 1. The van der Waals surface area contributed by atoms with Crippen LogP contribution in [-0.2, 0) is 16.9 Å². The van der Waals surface area contributed by atoms with Crippen LogP contribution >= 0.6 is 11.3 Å². The number of aromatic nitrogens is 3. The standard InChI is InChI=1S/C29H30FN3O5S/c1-17(30)38-25-5-3-2-4-23(25)33-24(21(15-31-33)18-6-7-18)16-37-20-10-12-29(36,13-11-20)28-32-22-9-8-19(27(34)35)14-26(22)39-28/h2-5,8-9,14-15,17-18,20,36H,6-7,10-13,16H2,1H3,(H,34,35)/t17?,20-,29+. The number of carbonyl (C=O) groups is 1. The van der Waals surface area contributed by atoms with Crippen LogP contribution in [0.4, 0.5) is 4.39 Å². The summed E-state index contributed by atoms with van der Waals surface area (Å²) in [4.78, 5) is 15.9. The summed E-state index contributed by atoms with van der Waals surface area (Å²) in [6.07, 6.45) is 4.97. The number of hydrogen-bond acceptors (Lipinski definition) is 7. The molecular formula is C29H30FN3O5S. The second-order valence-corrected chi connectivity index (χ2v) is 11.4. The molecular weight excluding hydrogens is 521 g/mol. The van der Waals surface area contributed by atoms with Crippen molar-refractivity contribution in [2.75, 3.05) is 0 Å². The van der Waals surface area contributed by atoms with E-state index in [1.807, 2.05) is 24.4 Å². The predicted octanol–water partition coefficient (Wildman–Crippen LogP) is 6.10. The van der Waals surface area contributed by atoms with E-state index in [4.69, 9.17) is 9.47 Å². The summed E-state index contributed by atoms with van der Waals surface area (Å²) in [6.45, 7) is 1.71. The number of benzene rings is 2. The molecule has 2 aromatic heterocycles. The van der Waals surface area contributed by atoms with Crippen molar-refractivity contribution in [1.82, 2.24) is 14.8 Å². The summed E-state index contributed by atoms with van der Waals surface area (Å²) in [7, 11) is 0. The highest BCUT2D eigenvalue weighted by Gasteiger charge is 2.38. The van der Waals surface area contributed by atoms with E-state index in [1.54, 1.807) is 22.9 Å². The van der Waals surface area contributed by atoms with Crippen LogP contribution in [0.3, 0.4) is 0 Å². The third-order valence-electron chi connectivity index (χ3n) is 7.55. The van der Waals surface area contributed by atoms with E-state index >= 15 is 0 Å². The van der Waals surface area contributed by atoms with Gasteiger partial charge in [0, 0.05) is 6.92 Å². The van der Waals surface area contributed by atoms with Crippen molar-refractivity contribution in [3.63, 3.8) is 0 Å². The molecule has 2 aromatic carbocycles. The number of alkyl halides is 1. The zero-order chi connectivity index (χ0) is 27.1. The number of para-hydroxylation sites is 2. The summed E-state index contributed by atoms with van der Waals surface area (Å²) < 4.78 is 28.0. The van der Waals surface area contributed by atoms with Gasteiger partial charge in [0.2, 0.25) is 6.36 Å². The Labute approximate surface area is 229 Å². The lowest BCUT2D eigenvalue weighted by Crippen LogP contribution is -2.34. The zero-order valence-corrected chi connectivity index (χ0v) is 22.4. The SMILES string of the molecule is CC(F)Oc1ccccc1-n1ncc(C2CC2)c1CO[C@H]1CC[C@](O)(c2nc3ccc(C(=O)O)cc3s2)CC1. The number of ether oxygens (including phenoxy) is 2. The van der Waals surface area contributed by atoms with E-state index < -0.39 is 17.9 Å². The Balaban J connectivity index is 1.16. The summed E-state index contributed by atoms with van der Waals surface area (Å²) in [5.74, 6) is -0.0988. The maximum Gasteiger partial charge on any atom is 0.335 e. The van der Waals surface area contributed by atoms with Crippen LogP contribution in [0.25, 0.3) is 15.9 Å². The Morgan fingerprint density at radius 3 is 2.69 bits per heavy atom. The molecule has 39 heavy (non-hydrogen) atoms. The molecule has 0 amide bonds. The van der Waals surface area contributed by atoms with E-state index in [0.717, 1.165) is 28.8 Å². The highest BCUT2D eigenvalue weighted by atomic mass is 32.1. The number of carboxylic acid groups (broad SMARTS) is 1. The highest BCUT2D eigenvalue weighted by molar-refractivity contribution is 7.18. The molecule has 4 aromatic rings. The van der Waals surface area contributed by atoms with E-state index in [-0.39, 0.29) is 11.7 Å². The average molecular weight is 552 g/mol. The number of carboxylic acids is 1. The molecule has 1 atom stereocenters. The van der Waals surface area contributed by atoms with Crippen LogP contribution in [0.15, 0.2) is 48.7 Å². The van der Waals surface area contributed by atoms with Gasteiger partial charge in [0.05, 0.1) is 40.4 Å². The molecule has 2 saturated carbocycles. The maximum atomic E-state index is 13.7. The van der Waals surface area contributed by atoms with Crippen molar-refractivity contribution in [3.8, 4) is 11.4 Å². The fraction of sp³-hybridized carbons (Fsp3) is 0.414. The summed E-state index contributed by atoms with van der Waals surface area (Å²) >= 11 is 1.35. The van der Waals surface area contributed by atoms with Gasteiger partial charge in [0.15, 0.2) is 0 Å². The predicted molar refractivity (Wildman–Crippen MR) is 144 cm³/mol. The minimum absolute atomic E-state index is 0.0361. The van der Waals surface area contributed by atoms with Crippen LogP contribution in [0, 0.1) is 0 Å². The average Bonchev–Trinajstić information content (AvgIpc) is 3.52. The molecule has 0 radical (unpaired) electrons. The number of nitrogens with zero attached hydrogens (tertiary/aromatic N) is 3. The Morgan fingerprint density at radius 2 is 1.97 bits per heavy atom. The van der Waals surface area contributed by atoms with E-state index in [9.17, 15) is 19.4 Å². The normalized spacial score (nSPS) is 22.2. The van der Waals surface area contributed by atoms with Gasteiger partial charge in [-0.05, 0) is 80.3 Å². The van der Waals surface area contributed by atoms with Gasteiger partial charge in [-0.15, -0.1) is 11.3 Å². The molecule has 204 valence electrons. The Morgan fingerprint density at radius 1 is 1.21 bits per heavy atom. The zero-order valence-electron chi connectivity index (χ0n) is 21.5. The Bertz CT molecular complexity index is 1500. The van der Waals surface area contributed by atoms with Crippen molar-refractivity contribution < 1.29 is 28.9 Å². The van der Waals surface area contributed by atoms with Crippen LogP contribution in [0.2, 0.25) is 0 Å². The van der Waals surface area contributed by atoms with Crippen LogP contribution in [0.1, 0.15) is 78.0 Å². The van der Waals surface area contributed by atoms with Crippen molar-refractivity contribution >= 4 is 27.5 Å². The Kier molecular flexibility index (Phi) is 6.86. The van der Waals surface area contributed by atoms with E-state index in [1.165, 1.54) is 24.3 Å². The third-order valence-corrected chi connectivity index (χ3v) is 8.76. The molecule has 0 spiro atoms. The number of hydrogen-bond donors (Lipinski definition) is 2. The fourth-order valence-electron chi connectivity index (χ4n) is 5.28. The molecule has 8 nitrogen and oxygen atoms in total. The maximum absolute atomic E-state index is 13.7. The third kappa shape index (κ3) is 5.28. The first-order chi connectivity index (χ1) is 18.8. The molecule has 0 aliphatic heterocycles. The molecule has 2 fully saturated rings. The van der Waals surface area contributed by atoms with Gasteiger partial charge in [-0.3, -0.25) is 0 Å². The van der Waals surface area contributed by atoms with Gasteiger partial charge in [-0.2, -0.15) is 5.10 Å². The topological polar surface area (TPSA) is 107 Å². The molecule has 2 heterocycles. The molecule has 10 heteroatoms. The van der Waals surface area contributed by atoms with Crippen molar-refractivity contribution in [3.05, 3.63) is 70.5 Å². The van der Waals surface area contributed by atoms with E-state index in [2.05, 4.69) is 10.1 Å². The van der Waals surface area contributed by atoms with Crippen molar-refractivity contribution in [2.45, 2.75) is 76.0 Å². The van der Waals surface area contributed by atoms with Crippen LogP contribution < -0.4 is 4.74 Å². The molecule has 0 bridgehead atoms. The number of halogens is 1. The fourth-order valence-corrected chi connectivity index (χ4v) is 6.43. The van der Waals surface area contributed by atoms with Crippen LogP contribution in [-0.4, -0.2) is 43.4 Å². The minimum atomic E-state index is -1.44. The second-order valence-electron chi connectivity index (χ2n) is 10.4. The van der Waals surface area contributed by atoms with Crippen molar-refractivity contribution in [2.24, 2.45) is 0 Å². The van der Waals surface area contributed by atoms with Gasteiger partial charge < -0.3 is 19.7 Å². The number of aromatic carboxylic acids is 1. The van der Waals surface area contributed by atoms with Gasteiger partial charge in [-0.25, -0.2) is 18.9 Å². The van der Waals surface area contributed by atoms with Gasteiger partial charge in [0.1, 0.15) is 22.0 Å². The lowest BCUT2D eigenvalue weighted by molar-refractivity contribution is -0.0648. The molecule has 0 saturated heterocycles. The van der Waals surface area contributed by atoms with Crippen molar-refractivity contribution in [1.29, 1.82) is 0 Å². The summed E-state index contributed by atoms with van der Waals surface area (Å²) in [5.41, 5.74) is 2.61. The minimum Gasteiger partial charge on any atom is -0.478 e. The lowest BCUT2D eigenvalue weighted by atomic mass is 9.83. The van der Waals surface area contributed by atoms with Crippen LogP contribution in [0.5, 0.6) is 5.75 Å². The summed E-state index contributed by atoms with van der Waals surface area (Å²) in [5, 5.41) is 26.0. The second kappa shape index (κ2) is 10.3. The number of thiazole rings is 1. The lowest BCUT2D eigenvalue weighted by Gasteiger charge is -2.34. The molecule has 1 unspecified atom stereocenters.